The van der Waals surface area contributed by atoms with E-state index in [1.807, 2.05) is 32.0 Å². The van der Waals surface area contributed by atoms with Gasteiger partial charge in [0.1, 0.15) is 23.1 Å². The molecule has 1 heterocycles. The molecule has 0 fully saturated rings. The number of aryl methyl sites for hydroxylation is 2. The van der Waals surface area contributed by atoms with Gasteiger partial charge in [0, 0.05) is 17.6 Å². The number of aromatic nitrogens is 1. The number of benzene rings is 3. The molecular weight excluding hydrogens is 381 g/mol. The van der Waals surface area contributed by atoms with Crippen molar-refractivity contribution in [2.75, 3.05) is 0 Å². The van der Waals surface area contributed by atoms with E-state index < -0.39 is 11.8 Å². The number of esters is 1. The van der Waals surface area contributed by atoms with E-state index >= 15 is 0 Å². The van der Waals surface area contributed by atoms with Gasteiger partial charge in [-0.25, -0.2) is 4.39 Å². The minimum Gasteiger partial charge on any atom is -0.456 e. The van der Waals surface area contributed by atoms with Gasteiger partial charge >= 0.3 is 5.97 Å². The van der Waals surface area contributed by atoms with Crippen LogP contribution in [0.1, 0.15) is 16.7 Å². The monoisotopic (exact) mass is 401 g/mol. The maximum Gasteiger partial charge on any atom is 0.315 e. The normalized spacial score (nSPS) is 10.8. The van der Waals surface area contributed by atoms with Crippen molar-refractivity contribution in [1.29, 1.82) is 0 Å². The highest BCUT2D eigenvalue weighted by Crippen LogP contribution is 2.31. The van der Waals surface area contributed by atoms with E-state index in [9.17, 15) is 9.18 Å². The largest absolute Gasteiger partial charge is 0.456 e. The minimum atomic E-state index is -0.528. The van der Waals surface area contributed by atoms with Crippen LogP contribution in [0.2, 0.25) is 0 Å². The number of hydrogen-bond donors (Lipinski definition) is 0. The van der Waals surface area contributed by atoms with E-state index in [0.29, 0.717) is 17.2 Å². The number of hydrogen-bond acceptors (Lipinski definition) is 4. The lowest BCUT2D eigenvalue weighted by Gasteiger charge is -2.11. The summed E-state index contributed by atoms with van der Waals surface area (Å²) in [7, 11) is 0. The standard InChI is InChI=1S/C25H20FNO3/c1-16-12-21-23(13-17(16)2)27-11-10-24(21)29-20-9-8-18(22(26)15-20)14-25(28)30-19-6-4-3-5-7-19/h3-13,15H,14H2,1-2H3. The Labute approximate surface area is 173 Å². The number of rotatable bonds is 5. The first-order valence-corrected chi connectivity index (χ1v) is 9.57. The first kappa shape index (κ1) is 19.6. The predicted molar refractivity (Wildman–Crippen MR) is 113 cm³/mol. The van der Waals surface area contributed by atoms with Gasteiger partial charge in [0.15, 0.2) is 0 Å². The summed E-state index contributed by atoms with van der Waals surface area (Å²) in [5, 5.41) is 0.858. The second-order valence-electron chi connectivity index (χ2n) is 7.08. The number of carbonyl (C=O) groups excluding carboxylic acids is 1. The lowest BCUT2D eigenvalue weighted by molar-refractivity contribution is -0.133. The van der Waals surface area contributed by atoms with Crippen LogP contribution in [0.15, 0.2) is 72.9 Å². The molecule has 4 rings (SSSR count). The summed E-state index contributed by atoms with van der Waals surface area (Å²) in [5.74, 6) is 0.317. The number of nitrogens with zero attached hydrogens (tertiary/aromatic N) is 1. The fraction of sp³-hybridized carbons (Fsp3) is 0.120. The fourth-order valence-electron chi connectivity index (χ4n) is 3.14. The van der Waals surface area contributed by atoms with Gasteiger partial charge in [-0.1, -0.05) is 24.3 Å². The van der Waals surface area contributed by atoms with Gasteiger partial charge < -0.3 is 9.47 Å². The summed E-state index contributed by atoms with van der Waals surface area (Å²) in [6.07, 6.45) is 1.49. The molecule has 1 aromatic heterocycles. The van der Waals surface area contributed by atoms with Gasteiger partial charge in [-0.2, -0.15) is 0 Å². The molecule has 0 aliphatic heterocycles. The Balaban J connectivity index is 1.52. The van der Waals surface area contributed by atoms with E-state index in [-0.39, 0.29) is 12.0 Å². The topological polar surface area (TPSA) is 48.4 Å². The Morgan fingerprint density at radius 3 is 2.47 bits per heavy atom. The highest BCUT2D eigenvalue weighted by atomic mass is 19.1. The van der Waals surface area contributed by atoms with Gasteiger partial charge in [-0.3, -0.25) is 9.78 Å². The van der Waals surface area contributed by atoms with E-state index in [1.165, 1.54) is 12.1 Å². The van der Waals surface area contributed by atoms with Crippen LogP contribution in [0.25, 0.3) is 10.9 Å². The summed E-state index contributed by atoms with van der Waals surface area (Å²) >= 11 is 0. The van der Waals surface area contributed by atoms with Gasteiger partial charge in [0.2, 0.25) is 0 Å². The molecule has 0 unspecified atom stereocenters. The summed E-state index contributed by atoms with van der Waals surface area (Å²) in [6, 6.07) is 18.9. The predicted octanol–water partition coefficient (Wildman–Crippen LogP) is 5.93. The quantitative estimate of drug-likeness (QED) is 0.307. The number of halogens is 1. The summed E-state index contributed by atoms with van der Waals surface area (Å²) in [5.41, 5.74) is 3.33. The van der Waals surface area contributed by atoms with E-state index in [2.05, 4.69) is 4.98 Å². The average Bonchev–Trinajstić information content (AvgIpc) is 2.72. The number of pyridine rings is 1. The van der Waals surface area contributed by atoms with Crippen molar-refractivity contribution in [3.63, 3.8) is 0 Å². The second-order valence-corrected chi connectivity index (χ2v) is 7.08. The SMILES string of the molecule is Cc1cc2nccc(Oc3ccc(CC(=O)Oc4ccccc4)c(F)c3)c2cc1C. The molecule has 5 heteroatoms. The maximum absolute atomic E-state index is 14.6. The second kappa shape index (κ2) is 8.33. The molecule has 0 amide bonds. The number of fused-ring (bicyclic) bond motifs is 1. The van der Waals surface area contributed by atoms with Crippen LogP contribution in [-0.4, -0.2) is 11.0 Å². The van der Waals surface area contributed by atoms with E-state index in [0.717, 1.165) is 22.0 Å². The van der Waals surface area contributed by atoms with Crippen LogP contribution in [-0.2, 0) is 11.2 Å². The average molecular weight is 401 g/mol. The molecule has 0 saturated carbocycles. The number of carbonyl (C=O) groups is 1. The molecule has 0 aliphatic carbocycles. The maximum atomic E-state index is 14.6. The zero-order valence-electron chi connectivity index (χ0n) is 16.7. The number of ether oxygens (including phenoxy) is 2. The first-order chi connectivity index (χ1) is 14.5. The Morgan fingerprint density at radius 1 is 0.933 bits per heavy atom. The molecule has 3 aromatic carbocycles. The third-order valence-electron chi connectivity index (χ3n) is 4.88. The summed E-state index contributed by atoms with van der Waals surface area (Å²) < 4.78 is 25.7. The molecule has 30 heavy (non-hydrogen) atoms. The highest BCUT2D eigenvalue weighted by molar-refractivity contribution is 5.86. The molecule has 4 nitrogen and oxygen atoms in total. The minimum absolute atomic E-state index is 0.169. The fourth-order valence-corrected chi connectivity index (χ4v) is 3.14. The van der Waals surface area contributed by atoms with Crippen LogP contribution in [0, 0.1) is 19.7 Å². The van der Waals surface area contributed by atoms with Gasteiger partial charge in [-0.05, 0) is 66.9 Å². The van der Waals surface area contributed by atoms with Crippen molar-refractivity contribution in [3.05, 3.63) is 95.4 Å². The van der Waals surface area contributed by atoms with E-state index in [4.69, 9.17) is 9.47 Å². The van der Waals surface area contributed by atoms with Gasteiger partial charge in [0.25, 0.3) is 0 Å². The number of para-hydroxylation sites is 1. The molecule has 0 saturated heterocycles. The molecule has 4 aromatic rings. The van der Waals surface area contributed by atoms with Crippen LogP contribution in [0.3, 0.4) is 0 Å². The van der Waals surface area contributed by atoms with Gasteiger partial charge in [0.05, 0.1) is 11.9 Å². The molecule has 0 N–H and O–H groups in total. The molecule has 150 valence electrons. The lowest BCUT2D eigenvalue weighted by atomic mass is 10.1. The van der Waals surface area contributed by atoms with Crippen LogP contribution in [0.5, 0.6) is 17.2 Å². The molecule has 0 aliphatic rings. The third kappa shape index (κ3) is 4.30. The molecular formula is C25H20FNO3. The summed E-state index contributed by atoms with van der Waals surface area (Å²) in [4.78, 5) is 16.5. The Kier molecular flexibility index (Phi) is 5.44. The van der Waals surface area contributed by atoms with Crippen LogP contribution >= 0.6 is 0 Å². The smallest absolute Gasteiger partial charge is 0.315 e. The zero-order valence-corrected chi connectivity index (χ0v) is 16.7. The Bertz CT molecular complexity index is 1220. The van der Waals surface area contributed by atoms with Crippen molar-refractivity contribution in [2.45, 2.75) is 20.3 Å². The van der Waals surface area contributed by atoms with Gasteiger partial charge in [-0.15, -0.1) is 0 Å². The first-order valence-electron chi connectivity index (χ1n) is 9.57. The third-order valence-corrected chi connectivity index (χ3v) is 4.88. The van der Waals surface area contributed by atoms with Crippen molar-refractivity contribution < 1.29 is 18.7 Å². The Hall–Kier alpha value is -3.73. The van der Waals surface area contributed by atoms with Crippen LogP contribution in [0.4, 0.5) is 4.39 Å². The molecule has 0 radical (unpaired) electrons. The van der Waals surface area contributed by atoms with Crippen molar-refractivity contribution in [3.8, 4) is 17.2 Å². The van der Waals surface area contributed by atoms with Crippen molar-refractivity contribution in [1.82, 2.24) is 4.98 Å². The van der Waals surface area contributed by atoms with Crippen LogP contribution < -0.4 is 9.47 Å². The summed E-state index contributed by atoms with van der Waals surface area (Å²) in [6.45, 7) is 4.05. The van der Waals surface area contributed by atoms with E-state index in [1.54, 1.807) is 42.6 Å². The van der Waals surface area contributed by atoms with Crippen molar-refractivity contribution >= 4 is 16.9 Å². The molecule has 0 atom stereocenters. The molecule has 0 spiro atoms. The van der Waals surface area contributed by atoms with Crippen molar-refractivity contribution in [2.24, 2.45) is 0 Å². The Morgan fingerprint density at radius 2 is 1.70 bits per heavy atom. The zero-order chi connectivity index (χ0) is 21.1. The lowest BCUT2D eigenvalue weighted by Crippen LogP contribution is -2.12. The molecule has 0 bridgehead atoms. The highest BCUT2D eigenvalue weighted by Gasteiger charge is 2.13.